The van der Waals surface area contributed by atoms with Crippen LogP contribution in [0.2, 0.25) is 0 Å². The molecule has 10 heteroatoms. The number of carbonyl (C=O) groups is 1. The molecule has 0 saturated heterocycles. The maximum atomic E-state index is 13.4. The van der Waals surface area contributed by atoms with Gasteiger partial charge in [-0.15, -0.1) is 0 Å². The molecule has 4 aromatic heterocycles. The zero-order chi connectivity index (χ0) is 21.0. The number of aryl methyl sites for hydroxylation is 2. The molecular formula is C20H19F2N7O. The molecular weight excluding hydrogens is 392 g/mol. The highest BCUT2D eigenvalue weighted by Crippen LogP contribution is 2.34. The number of pyridine rings is 1. The summed E-state index contributed by atoms with van der Waals surface area (Å²) in [6.07, 6.45) is -0.552. The maximum absolute atomic E-state index is 13.4. The van der Waals surface area contributed by atoms with E-state index in [0.29, 0.717) is 24.4 Å². The molecule has 0 aliphatic carbocycles. The van der Waals surface area contributed by atoms with Crippen molar-refractivity contribution in [3.8, 4) is 0 Å². The SMILES string of the molecule is Cc1cccc2cc(C3c4nc[nH]c4CCN3C(=O)c3cc(C(F)F)nn3C)nn12. The highest BCUT2D eigenvalue weighted by Gasteiger charge is 2.37. The fraction of sp³-hybridized carbons (Fsp3) is 0.300. The van der Waals surface area contributed by atoms with Crippen molar-refractivity contribution in [3.63, 3.8) is 0 Å². The second-order valence-corrected chi connectivity index (χ2v) is 7.37. The van der Waals surface area contributed by atoms with Crippen molar-refractivity contribution in [1.82, 2.24) is 34.3 Å². The summed E-state index contributed by atoms with van der Waals surface area (Å²) in [5.74, 6) is -0.385. The van der Waals surface area contributed by atoms with E-state index in [0.717, 1.165) is 23.0 Å². The van der Waals surface area contributed by atoms with E-state index in [2.05, 4.69) is 15.1 Å². The lowest BCUT2D eigenvalue weighted by molar-refractivity contribution is 0.0675. The summed E-state index contributed by atoms with van der Waals surface area (Å²) in [6.45, 7) is 2.36. The average Bonchev–Trinajstić information content (AvgIpc) is 3.44. The van der Waals surface area contributed by atoms with Crippen molar-refractivity contribution >= 4 is 11.4 Å². The molecule has 1 aliphatic rings. The molecule has 1 amide bonds. The van der Waals surface area contributed by atoms with Crippen LogP contribution in [0, 0.1) is 6.92 Å². The number of nitrogens with zero attached hydrogens (tertiary/aromatic N) is 6. The lowest BCUT2D eigenvalue weighted by Gasteiger charge is -2.33. The summed E-state index contributed by atoms with van der Waals surface area (Å²) in [5.41, 5.74) is 3.88. The van der Waals surface area contributed by atoms with Crippen molar-refractivity contribution < 1.29 is 13.6 Å². The number of aromatic nitrogens is 6. The number of fused-ring (bicyclic) bond motifs is 2. The van der Waals surface area contributed by atoms with Gasteiger partial charge in [0.15, 0.2) is 0 Å². The number of rotatable bonds is 3. The van der Waals surface area contributed by atoms with E-state index in [1.54, 1.807) is 11.2 Å². The van der Waals surface area contributed by atoms with Crippen molar-refractivity contribution in [2.45, 2.75) is 25.8 Å². The third-order valence-electron chi connectivity index (χ3n) is 5.50. The van der Waals surface area contributed by atoms with Crippen LogP contribution in [0.3, 0.4) is 0 Å². The maximum Gasteiger partial charge on any atom is 0.282 e. The number of amides is 1. The van der Waals surface area contributed by atoms with Gasteiger partial charge < -0.3 is 9.88 Å². The van der Waals surface area contributed by atoms with Gasteiger partial charge in [-0.1, -0.05) is 6.07 Å². The average molecular weight is 411 g/mol. The Balaban J connectivity index is 1.62. The first-order chi connectivity index (χ1) is 14.4. The molecule has 0 saturated carbocycles. The van der Waals surface area contributed by atoms with Crippen LogP contribution in [-0.2, 0) is 13.5 Å². The van der Waals surface area contributed by atoms with Crippen molar-refractivity contribution in [3.05, 3.63) is 70.8 Å². The first-order valence-corrected chi connectivity index (χ1v) is 9.54. The zero-order valence-electron chi connectivity index (χ0n) is 16.4. The minimum atomic E-state index is -2.74. The predicted molar refractivity (Wildman–Crippen MR) is 103 cm³/mol. The van der Waals surface area contributed by atoms with Gasteiger partial charge in [0.2, 0.25) is 0 Å². The van der Waals surface area contributed by atoms with Crippen molar-refractivity contribution in [1.29, 1.82) is 0 Å². The third kappa shape index (κ3) is 2.78. The second-order valence-electron chi connectivity index (χ2n) is 7.37. The molecule has 30 heavy (non-hydrogen) atoms. The van der Waals surface area contributed by atoms with Gasteiger partial charge in [0, 0.05) is 31.4 Å². The molecule has 4 aromatic rings. The van der Waals surface area contributed by atoms with E-state index in [1.807, 2.05) is 35.7 Å². The van der Waals surface area contributed by atoms with Gasteiger partial charge in [0.25, 0.3) is 12.3 Å². The molecule has 1 aliphatic heterocycles. The molecule has 0 fully saturated rings. The molecule has 0 radical (unpaired) electrons. The van der Waals surface area contributed by atoms with Gasteiger partial charge in [-0.2, -0.15) is 10.2 Å². The van der Waals surface area contributed by atoms with Crippen LogP contribution >= 0.6 is 0 Å². The molecule has 1 unspecified atom stereocenters. The third-order valence-corrected chi connectivity index (χ3v) is 5.50. The Hall–Kier alpha value is -3.56. The lowest BCUT2D eigenvalue weighted by Crippen LogP contribution is -2.41. The summed E-state index contributed by atoms with van der Waals surface area (Å²) in [4.78, 5) is 22.6. The number of halogens is 2. The summed E-state index contributed by atoms with van der Waals surface area (Å²) in [5, 5.41) is 8.51. The van der Waals surface area contributed by atoms with Crippen LogP contribution in [0.25, 0.3) is 5.52 Å². The highest BCUT2D eigenvalue weighted by molar-refractivity contribution is 5.93. The van der Waals surface area contributed by atoms with E-state index < -0.39 is 18.2 Å². The van der Waals surface area contributed by atoms with E-state index in [1.165, 1.54) is 11.7 Å². The van der Waals surface area contributed by atoms with E-state index in [9.17, 15) is 13.6 Å². The first-order valence-electron chi connectivity index (χ1n) is 9.54. The molecule has 8 nitrogen and oxygen atoms in total. The van der Waals surface area contributed by atoms with E-state index in [4.69, 9.17) is 5.10 Å². The van der Waals surface area contributed by atoms with Crippen molar-refractivity contribution in [2.24, 2.45) is 7.05 Å². The molecule has 154 valence electrons. The van der Waals surface area contributed by atoms with Gasteiger partial charge in [0.1, 0.15) is 17.4 Å². The van der Waals surface area contributed by atoms with Crippen LogP contribution in [0.4, 0.5) is 8.78 Å². The van der Waals surface area contributed by atoms with Crippen LogP contribution in [-0.4, -0.2) is 46.7 Å². The Bertz CT molecular complexity index is 1260. The standard InChI is InChI=1S/C20H19F2N7O/c1-11-4-3-5-12-8-14(26-29(11)12)18-17-13(23-10-24-17)6-7-28(18)20(30)16-9-15(19(21)22)25-27(16)2/h3-5,8-10,18-19H,6-7H2,1-2H3,(H,23,24). The topological polar surface area (TPSA) is 84.1 Å². The number of nitrogens with one attached hydrogen (secondary N) is 1. The highest BCUT2D eigenvalue weighted by atomic mass is 19.3. The van der Waals surface area contributed by atoms with Gasteiger partial charge in [-0.3, -0.25) is 9.48 Å². The van der Waals surface area contributed by atoms with E-state index in [-0.39, 0.29) is 11.6 Å². The quantitative estimate of drug-likeness (QED) is 0.562. The minimum absolute atomic E-state index is 0.106. The number of carbonyl (C=O) groups excluding carboxylic acids is 1. The predicted octanol–water partition coefficient (Wildman–Crippen LogP) is 2.82. The van der Waals surface area contributed by atoms with Crippen LogP contribution in [0.1, 0.15) is 51.4 Å². The number of H-pyrrole nitrogens is 1. The Labute approximate surface area is 170 Å². The molecule has 5 heterocycles. The molecule has 5 rings (SSSR count). The minimum Gasteiger partial charge on any atom is -0.348 e. The summed E-state index contributed by atoms with van der Waals surface area (Å²) >= 11 is 0. The largest absolute Gasteiger partial charge is 0.348 e. The van der Waals surface area contributed by atoms with Gasteiger partial charge >= 0.3 is 0 Å². The molecule has 0 bridgehead atoms. The molecule has 1 N–H and O–H groups in total. The lowest BCUT2D eigenvalue weighted by atomic mass is 9.99. The van der Waals surface area contributed by atoms with E-state index >= 15 is 0 Å². The first kappa shape index (κ1) is 18.5. The molecule has 0 spiro atoms. The number of aromatic amines is 1. The Morgan fingerprint density at radius 1 is 1.27 bits per heavy atom. The monoisotopic (exact) mass is 411 g/mol. The fourth-order valence-corrected chi connectivity index (χ4v) is 4.04. The number of alkyl halides is 2. The van der Waals surface area contributed by atoms with Crippen molar-refractivity contribution in [2.75, 3.05) is 6.54 Å². The summed E-state index contributed by atoms with van der Waals surface area (Å²) in [6, 6.07) is 8.39. The molecule has 0 aromatic carbocycles. The van der Waals surface area contributed by atoms with Crippen LogP contribution in [0.5, 0.6) is 0 Å². The zero-order valence-corrected chi connectivity index (χ0v) is 16.4. The summed E-state index contributed by atoms with van der Waals surface area (Å²) < 4.78 is 29.2. The van der Waals surface area contributed by atoms with Crippen LogP contribution < -0.4 is 0 Å². The Morgan fingerprint density at radius 3 is 2.83 bits per heavy atom. The van der Waals surface area contributed by atoms with Gasteiger partial charge in [0.05, 0.1) is 23.2 Å². The number of hydrogen-bond acceptors (Lipinski definition) is 4. The van der Waals surface area contributed by atoms with Crippen LogP contribution in [0.15, 0.2) is 36.7 Å². The smallest absolute Gasteiger partial charge is 0.282 e. The second kappa shape index (κ2) is 6.75. The number of imidazole rings is 1. The Morgan fingerprint density at radius 2 is 2.10 bits per heavy atom. The van der Waals surface area contributed by atoms with Gasteiger partial charge in [-0.05, 0) is 31.2 Å². The normalized spacial score (nSPS) is 16.4. The Kier molecular flexibility index (Phi) is 4.16. The van der Waals surface area contributed by atoms with Gasteiger partial charge in [-0.25, -0.2) is 18.3 Å². The molecule has 1 atom stereocenters. The number of hydrogen-bond donors (Lipinski definition) is 1. The summed E-state index contributed by atoms with van der Waals surface area (Å²) in [7, 11) is 1.49. The fourth-order valence-electron chi connectivity index (χ4n) is 4.04.